The number of hydrogen-bond acceptors (Lipinski definition) is 1. The van der Waals surface area contributed by atoms with E-state index in [2.05, 4.69) is 32.0 Å². The molecule has 1 nitrogen and oxygen atoms in total. The summed E-state index contributed by atoms with van der Waals surface area (Å²) in [5.74, 6) is 0. The molecule has 0 bridgehead atoms. The Kier molecular flexibility index (Phi) is 4.19. The van der Waals surface area contributed by atoms with Gasteiger partial charge in [-0.3, -0.25) is 0 Å². The van der Waals surface area contributed by atoms with Crippen molar-refractivity contribution in [3.63, 3.8) is 0 Å². The Labute approximate surface area is 92.3 Å². The van der Waals surface area contributed by atoms with Gasteiger partial charge in [0.25, 0.3) is 0 Å². The molecular weight excluding hydrogens is 237 g/mol. The molecule has 0 aliphatic carbocycles. The average Bonchev–Trinajstić information content (AvgIpc) is 2.20. The molecule has 14 heavy (non-hydrogen) atoms. The van der Waals surface area contributed by atoms with Crippen molar-refractivity contribution in [1.29, 1.82) is 5.26 Å². The van der Waals surface area contributed by atoms with Crippen molar-refractivity contribution in [2.75, 3.05) is 0 Å². The first-order valence-corrected chi connectivity index (χ1v) is 6.57. The molecule has 0 fully saturated rings. The van der Waals surface area contributed by atoms with Crippen molar-refractivity contribution in [1.82, 2.24) is 0 Å². The number of benzene rings is 1. The van der Waals surface area contributed by atoms with Crippen molar-refractivity contribution in [3.8, 4) is 6.07 Å². The molecular formula is C12H15NSe. The average molecular weight is 252 g/mol. The summed E-state index contributed by atoms with van der Waals surface area (Å²) < 4.78 is 1.18. The first-order chi connectivity index (χ1) is 6.70. The van der Waals surface area contributed by atoms with E-state index in [4.69, 9.17) is 5.26 Å². The van der Waals surface area contributed by atoms with Crippen LogP contribution < -0.4 is 4.46 Å². The van der Waals surface area contributed by atoms with E-state index in [0.717, 1.165) is 12.8 Å². The van der Waals surface area contributed by atoms with Crippen molar-refractivity contribution >= 4 is 19.4 Å². The summed E-state index contributed by atoms with van der Waals surface area (Å²) in [7, 11) is 0. The predicted octanol–water partition coefficient (Wildman–Crippen LogP) is 2.52. The molecule has 0 saturated carbocycles. The zero-order valence-electron chi connectivity index (χ0n) is 8.66. The van der Waals surface area contributed by atoms with Gasteiger partial charge in [-0.25, -0.2) is 0 Å². The van der Waals surface area contributed by atoms with Gasteiger partial charge in [0.15, 0.2) is 0 Å². The van der Waals surface area contributed by atoms with E-state index < -0.39 is 0 Å². The van der Waals surface area contributed by atoms with Gasteiger partial charge in [-0.2, -0.15) is 0 Å². The molecule has 1 aromatic rings. The molecule has 2 heteroatoms. The Bertz CT molecular complexity index is 315. The first-order valence-electron chi connectivity index (χ1n) is 4.85. The molecule has 0 N–H and O–H groups in total. The van der Waals surface area contributed by atoms with E-state index in [9.17, 15) is 0 Å². The fourth-order valence-electron chi connectivity index (χ4n) is 1.36. The van der Waals surface area contributed by atoms with E-state index in [-0.39, 0.29) is 19.3 Å². The fourth-order valence-corrected chi connectivity index (χ4v) is 3.80. The van der Waals surface area contributed by atoms with Crippen LogP contribution in [-0.4, -0.2) is 15.0 Å². The Hall–Kier alpha value is -0.771. The van der Waals surface area contributed by atoms with Crippen LogP contribution in [0, 0.1) is 11.3 Å². The molecule has 0 spiro atoms. The maximum absolute atomic E-state index is 9.14. The third-order valence-corrected chi connectivity index (χ3v) is 4.68. The molecule has 74 valence electrons. The monoisotopic (exact) mass is 253 g/mol. The topological polar surface area (TPSA) is 23.8 Å². The number of nitriles is 1. The van der Waals surface area contributed by atoms with Crippen LogP contribution in [0.3, 0.4) is 0 Å². The Balaban J connectivity index is 2.72. The number of rotatable bonds is 4. The summed E-state index contributed by atoms with van der Waals surface area (Å²) in [5.41, 5.74) is 0. The third kappa shape index (κ3) is 3.18. The van der Waals surface area contributed by atoms with E-state index >= 15 is 0 Å². The summed E-state index contributed by atoms with van der Waals surface area (Å²) in [5, 5.41) is 9.14. The van der Waals surface area contributed by atoms with Gasteiger partial charge >= 0.3 is 92.1 Å². The van der Waals surface area contributed by atoms with Gasteiger partial charge in [0.2, 0.25) is 0 Å². The second-order valence-electron chi connectivity index (χ2n) is 3.51. The summed E-state index contributed by atoms with van der Waals surface area (Å²) in [4.78, 5) is 0. The van der Waals surface area contributed by atoms with Gasteiger partial charge in [-0.05, 0) is 0 Å². The van der Waals surface area contributed by atoms with Gasteiger partial charge in [0, 0.05) is 0 Å². The molecule has 1 rings (SSSR count). The van der Waals surface area contributed by atoms with Crippen molar-refractivity contribution in [3.05, 3.63) is 30.3 Å². The Morgan fingerprint density at radius 1 is 1.36 bits per heavy atom. The van der Waals surface area contributed by atoms with E-state index in [1.54, 1.807) is 0 Å². The van der Waals surface area contributed by atoms with E-state index in [1.807, 2.05) is 18.2 Å². The quantitative estimate of drug-likeness (QED) is 0.755. The van der Waals surface area contributed by atoms with Gasteiger partial charge in [0.1, 0.15) is 0 Å². The molecule has 0 aliphatic rings. The Morgan fingerprint density at radius 3 is 2.50 bits per heavy atom. The Morgan fingerprint density at radius 2 is 2.00 bits per heavy atom. The first kappa shape index (κ1) is 11.3. The molecule has 0 amide bonds. The molecule has 1 atom stereocenters. The van der Waals surface area contributed by atoms with Crippen molar-refractivity contribution < 1.29 is 0 Å². The third-order valence-electron chi connectivity index (χ3n) is 2.05. The molecule has 0 radical (unpaired) electrons. The summed E-state index contributed by atoms with van der Waals surface area (Å²) in [6.45, 7) is 4.21. The van der Waals surface area contributed by atoms with Crippen LogP contribution in [0.5, 0.6) is 0 Å². The maximum atomic E-state index is 9.14. The van der Waals surface area contributed by atoms with Crippen LogP contribution in [0.25, 0.3) is 0 Å². The fraction of sp³-hybridized carbons (Fsp3) is 0.417. The van der Waals surface area contributed by atoms with Gasteiger partial charge in [0.05, 0.1) is 0 Å². The van der Waals surface area contributed by atoms with Crippen LogP contribution >= 0.6 is 0 Å². The van der Waals surface area contributed by atoms with Gasteiger partial charge in [-0.15, -0.1) is 0 Å². The summed E-state index contributed by atoms with van der Waals surface area (Å²) >= 11 is 0.263. The van der Waals surface area contributed by atoms with Crippen LogP contribution in [0.1, 0.15) is 26.7 Å². The van der Waals surface area contributed by atoms with Crippen molar-refractivity contribution in [2.24, 2.45) is 0 Å². The van der Waals surface area contributed by atoms with Crippen molar-refractivity contribution in [2.45, 2.75) is 31.0 Å². The SMILES string of the molecule is CCCC(C)(C#N)[Se]c1ccccc1. The van der Waals surface area contributed by atoms with Gasteiger partial charge in [-0.1, -0.05) is 0 Å². The predicted molar refractivity (Wildman–Crippen MR) is 60.7 cm³/mol. The second kappa shape index (κ2) is 5.19. The van der Waals surface area contributed by atoms with Crippen LogP contribution in [-0.2, 0) is 0 Å². The van der Waals surface area contributed by atoms with Gasteiger partial charge < -0.3 is 0 Å². The number of hydrogen-bond donors (Lipinski definition) is 0. The summed E-state index contributed by atoms with van der Waals surface area (Å²) in [6.07, 6.45) is 2.08. The second-order valence-corrected chi connectivity index (χ2v) is 6.82. The minimum atomic E-state index is -0.136. The molecule has 0 heterocycles. The van der Waals surface area contributed by atoms with Crippen LogP contribution in [0.2, 0.25) is 4.31 Å². The molecule has 1 aromatic carbocycles. The standard InChI is InChI=1S/C12H15NSe/c1-3-9-12(2,10-13)14-11-7-5-4-6-8-11/h4-8H,3,9H2,1-2H3. The molecule has 1 unspecified atom stereocenters. The number of nitrogens with zero attached hydrogens (tertiary/aromatic N) is 1. The molecule has 0 aromatic heterocycles. The van der Waals surface area contributed by atoms with E-state index in [0.29, 0.717) is 0 Å². The molecule has 0 saturated heterocycles. The molecule has 0 aliphatic heterocycles. The minimum absolute atomic E-state index is 0.136. The zero-order chi connectivity index (χ0) is 10.4. The zero-order valence-corrected chi connectivity index (χ0v) is 10.4. The van der Waals surface area contributed by atoms with E-state index in [1.165, 1.54) is 4.46 Å². The van der Waals surface area contributed by atoms with Crippen LogP contribution in [0.15, 0.2) is 30.3 Å². The van der Waals surface area contributed by atoms with Crippen LogP contribution in [0.4, 0.5) is 0 Å². The normalized spacial score (nSPS) is 14.4. The summed E-state index contributed by atoms with van der Waals surface area (Å²) in [6, 6.07) is 12.8.